The second kappa shape index (κ2) is 5.79. The van der Waals surface area contributed by atoms with Gasteiger partial charge in [0.15, 0.2) is 9.84 Å². The molecule has 0 aliphatic carbocycles. The van der Waals surface area contributed by atoms with Crippen LogP contribution in [0.25, 0.3) is 0 Å². The number of nitrogen functional groups attached to an aromatic ring is 1. The molecule has 0 spiro atoms. The van der Waals surface area contributed by atoms with Crippen LogP contribution in [-0.2, 0) is 15.6 Å². The number of sulfone groups is 1. The van der Waals surface area contributed by atoms with Crippen molar-refractivity contribution in [1.29, 1.82) is 0 Å². The summed E-state index contributed by atoms with van der Waals surface area (Å²) in [4.78, 5) is -1.03. The smallest absolute Gasteiger partial charge is 0.188 e. The Morgan fingerprint density at radius 1 is 1.05 bits per heavy atom. The van der Waals surface area contributed by atoms with Crippen molar-refractivity contribution < 1.29 is 17.2 Å². The van der Waals surface area contributed by atoms with E-state index < -0.39 is 32.1 Å². The molecule has 2 aromatic rings. The average molecular weight is 352 g/mol. The van der Waals surface area contributed by atoms with Crippen molar-refractivity contribution in [3.05, 3.63) is 57.6 Å². The Morgan fingerprint density at radius 3 is 2.14 bits per heavy atom. The second-order valence-corrected chi connectivity index (χ2v) is 7.08. The van der Waals surface area contributed by atoms with Gasteiger partial charge in [0.1, 0.15) is 16.5 Å². The molecule has 0 amide bonds. The molecule has 0 aliphatic rings. The first-order chi connectivity index (χ1) is 9.70. The molecule has 8 heteroatoms. The van der Waals surface area contributed by atoms with Crippen LogP contribution in [0.2, 0.25) is 10.0 Å². The van der Waals surface area contributed by atoms with Crippen molar-refractivity contribution in [3.8, 4) is 0 Å². The third-order valence-corrected chi connectivity index (χ3v) is 4.98. The van der Waals surface area contributed by atoms with Crippen molar-refractivity contribution >= 4 is 38.7 Å². The first kappa shape index (κ1) is 16.0. The summed E-state index contributed by atoms with van der Waals surface area (Å²) in [6.45, 7) is 0. The van der Waals surface area contributed by atoms with Crippen molar-refractivity contribution in [1.82, 2.24) is 0 Å². The van der Waals surface area contributed by atoms with Crippen molar-refractivity contribution in [2.45, 2.75) is 10.6 Å². The van der Waals surface area contributed by atoms with Gasteiger partial charge in [0.05, 0.1) is 5.75 Å². The molecule has 0 aromatic heterocycles. The van der Waals surface area contributed by atoms with Crippen LogP contribution in [0.1, 0.15) is 5.56 Å². The van der Waals surface area contributed by atoms with E-state index in [2.05, 4.69) is 0 Å². The van der Waals surface area contributed by atoms with Crippen LogP contribution in [0.5, 0.6) is 0 Å². The summed E-state index contributed by atoms with van der Waals surface area (Å²) in [6, 6.07) is 5.67. The van der Waals surface area contributed by atoms with Crippen LogP contribution < -0.4 is 5.73 Å². The van der Waals surface area contributed by atoms with E-state index in [0.29, 0.717) is 5.02 Å². The zero-order chi connectivity index (χ0) is 15.8. The Kier molecular flexibility index (Phi) is 4.41. The zero-order valence-electron chi connectivity index (χ0n) is 10.4. The lowest BCUT2D eigenvalue weighted by Crippen LogP contribution is -2.11. The topological polar surface area (TPSA) is 60.2 Å². The molecule has 2 N–H and O–H groups in total. The molecule has 0 unspecified atom stereocenters. The SMILES string of the molecule is Nc1cc(F)c(S(=O)(=O)Cc2ccc(Cl)cc2Cl)c(F)c1. The lowest BCUT2D eigenvalue weighted by molar-refractivity contribution is 0.520. The molecule has 2 aromatic carbocycles. The van der Waals surface area contributed by atoms with Crippen molar-refractivity contribution in [2.24, 2.45) is 0 Å². The molecule has 0 atom stereocenters. The predicted molar refractivity (Wildman–Crippen MR) is 78.1 cm³/mol. The molecular weight excluding hydrogens is 343 g/mol. The molecule has 0 bridgehead atoms. The number of benzene rings is 2. The van der Waals surface area contributed by atoms with Gasteiger partial charge < -0.3 is 5.73 Å². The monoisotopic (exact) mass is 351 g/mol. The largest absolute Gasteiger partial charge is 0.399 e. The zero-order valence-corrected chi connectivity index (χ0v) is 12.7. The lowest BCUT2D eigenvalue weighted by atomic mass is 10.2. The Bertz CT molecular complexity index is 787. The first-order valence-electron chi connectivity index (χ1n) is 5.62. The quantitative estimate of drug-likeness (QED) is 0.854. The van der Waals surface area contributed by atoms with Gasteiger partial charge in [0.2, 0.25) is 0 Å². The lowest BCUT2D eigenvalue weighted by Gasteiger charge is -2.09. The second-order valence-electron chi connectivity index (χ2n) is 4.31. The highest BCUT2D eigenvalue weighted by Gasteiger charge is 2.26. The van der Waals surface area contributed by atoms with Crippen molar-refractivity contribution in [2.75, 3.05) is 5.73 Å². The predicted octanol–water partition coefficient (Wildman–Crippen LogP) is 3.83. The van der Waals surface area contributed by atoms with Crippen LogP contribution in [-0.4, -0.2) is 8.42 Å². The number of nitrogens with two attached hydrogens (primary N) is 1. The van der Waals surface area contributed by atoms with E-state index in [4.69, 9.17) is 28.9 Å². The summed E-state index contributed by atoms with van der Waals surface area (Å²) in [7, 11) is -4.26. The first-order valence-corrected chi connectivity index (χ1v) is 8.03. The molecule has 0 radical (unpaired) electrons. The summed E-state index contributed by atoms with van der Waals surface area (Å²) in [6.07, 6.45) is 0. The van der Waals surface area contributed by atoms with E-state index in [9.17, 15) is 17.2 Å². The minimum absolute atomic E-state index is 0.0994. The van der Waals surface area contributed by atoms with Crippen LogP contribution in [0.15, 0.2) is 35.2 Å². The molecular formula is C13H9Cl2F2NO2S. The van der Waals surface area contributed by atoms with Gasteiger partial charge in [-0.3, -0.25) is 0 Å². The fourth-order valence-corrected chi connectivity index (χ4v) is 3.86. The van der Waals surface area contributed by atoms with Gasteiger partial charge in [0, 0.05) is 15.7 Å². The molecule has 21 heavy (non-hydrogen) atoms. The highest BCUT2D eigenvalue weighted by atomic mass is 35.5. The molecule has 0 saturated heterocycles. The maximum atomic E-state index is 13.7. The summed E-state index contributed by atoms with van der Waals surface area (Å²) >= 11 is 11.6. The van der Waals surface area contributed by atoms with E-state index >= 15 is 0 Å². The minimum Gasteiger partial charge on any atom is -0.399 e. The van der Waals surface area contributed by atoms with E-state index in [1.54, 1.807) is 0 Å². The molecule has 0 heterocycles. The fourth-order valence-electron chi connectivity index (χ4n) is 1.79. The van der Waals surface area contributed by atoms with Gasteiger partial charge >= 0.3 is 0 Å². The van der Waals surface area contributed by atoms with Crippen LogP contribution >= 0.6 is 23.2 Å². The Hall–Kier alpha value is -1.37. The van der Waals surface area contributed by atoms with Gasteiger partial charge in [-0.15, -0.1) is 0 Å². The molecule has 3 nitrogen and oxygen atoms in total. The van der Waals surface area contributed by atoms with Gasteiger partial charge in [-0.2, -0.15) is 0 Å². The molecule has 112 valence electrons. The number of rotatable bonds is 3. The highest BCUT2D eigenvalue weighted by Crippen LogP contribution is 2.28. The van der Waals surface area contributed by atoms with Gasteiger partial charge in [0.25, 0.3) is 0 Å². The van der Waals surface area contributed by atoms with Gasteiger partial charge in [-0.25, -0.2) is 17.2 Å². The third kappa shape index (κ3) is 3.45. The number of hydrogen-bond donors (Lipinski definition) is 1. The van der Waals surface area contributed by atoms with E-state index in [1.165, 1.54) is 18.2 Å². The third-order valence-electron chi connectivity index (χ3n) is 2.69. The summed E-state index contributed by atoms with van der Waals surface area (Å²) in [5.41, 5.74) is 5.25. The maximum Gasteiger partial charge on any atom is 0.188 e. The fraction of sp³-hybridized carbons (Fsp3) is 0.0769. The van der Waals surface area contributed by atoms with Gasteiger partial charge in [-0.05, 0) is 29.8 Å². The minimum atomic E-state index is -4.26. The number of hydrogen-bond acceptors (Lipinski definition) is 3. The average Bonchev–Trinajstić information content (AvgIpc) is 2.30. The highest BCUT2D eigenvalue weighted by molar-refractivity contribution is 7.90. The molecule has 0 fully saturated rings. The standard InChI is InChI=1S/C13H9Cl2F2NO2S/c14-8-2-1-7(10(15)3-8)6-21(19,20)13-11(16)4-9(18)5-12(13)17/h1-5H,6,18H2. The van der Waals surface area contributed by atoms with Crippen LogP contribution in [0, 0.1) is 11.6 Å². The summed E-state index contributed by atoms with van der Waals surface area (Å²) in [5.74, 6) is -3.13. The van der Waals surface area contributed by atoms with Crippen LogP contribution in [0.3, 0.4) is 0 Å². The number of halogens is 4. The van der Waals surface area contributed by atoms with Crippen molar-refractivity contribution in [3.63, 3.8) is 0 Å². The van der Waals surface area contributed by atoms with Crippen LogP contribution in [0.4, 0.5) is 14.5 Å². The van der Waals surface area contributed by atoms with E-state index in [0.717, 1.165) is 12.1 Å². The summed E-state index contributed by atoms with van der Waals surface area (Å²) in [5, 5.41) is 0.424. The Morgan fingerprint density at radius 2 is 1.62 bits per heavy atom. The number of anilines is 1. The Labute approximate surface area is 130 Å². The molecule has 2 rings (SSSR count). The Balaban J connectivity index is 2.48. The maximum absolute atomic E-state index is 13.7. The van der Waals surface area contributed by atoms with E-state index in [-0.39, 0.29) is 16.3 Å². The molecule has 0 saturated carbocycles. The normalized spacial score (nSPS) is 11.6. The summed E-state index contributed by atoms with van der Waals surface area (Å²) < 4.78 is 51.8. The van der Waals surface area contributed by atoms with E-state index in [1.807, 2.05) is 0 Å². The van der Waals surface area contributed by atoms with Gasteiger partial charge in [-0.1, -0.05) is 29.3 Å². The molecule has 0 aliphatic heterocycles.